The molecule has 0 bridgehead atoms. The third-order valence-electron chi connectivity index (χ3n) is 1.25. The number of hydrogen-bond acceptors (Lipinski definition) is 4. The Morgan fingerprint density at radius 2 is 2.08 bits per heavy atom. The van der Waals surface area contributed by atoms with Crippen LogP contribution in [-0.2, 0) is 0 Å². The first-order chi connectivity index (χ1) is 5.95. The lowest BCUT2D eigenvalue weighted by Gasteiger charge is -1.97. The minimum absolute atomic E-state index is 0.515. The molecule has 0 N–H and O–H groups in total. The van der Waals surface area contributed by atoms with Gasteiger partial charge >= 0.3 is 0 Å². The van der Waals surface area contributed by atoms with Crippen molar-refractivity contribution < 1.29 is 4.74 Å². The van der Waals surface area contributed by atoms with Gasteiger partial charge in [0.2, 0.25) is 6.33 Å². The first-order valence-corrected chi connectivity index (χ1v) is 4.15. The second-order valence-corrected chi connectivity index (χ2v) is 2.79. The maximum atomic E-state index is 5.33. The van der Waals surface area contributed by atoms with E-state index in [0.717, 1.165) is 5.75 Å². The Kier molecular flexibility index (Phi) is 2.00. The van der Waals surface area contributed by atoms with E-state index < -0.39 is 0 Å². The number of nitrogens with zero attached hydrogens (tertiary/aromatic N) is 2. The highest BCUT2D eigenvalue weighted by Gasteiger charge is 1.97. The molecule has 2 aromatic rings. The van der Waals surface area contributed by atoms with Crippen LogP contribution in [0.1, 0.15) is 0 Å². The van der Waals surface area contributed by atoms with Crippen LogP contribution >= 0.6 is 11.5 Å². The molecule has 0 fully saturated rings. The molecular weight excluding hydrogens is 172 g/mol. The minimum Gasteiger partial charge on any atom is -0.430 e. The first kappa shape index (κ1) is 7.24. The predicted octanol–water partition coefficient (Wildman–Crippen LogP) is 2.13. The van der Waals surface area contributed by atoms with Crippen molar-refractivity contribution in [1.29, 1.82) is 0 Å². The molecule has 3 nitrogen and oxygen atoms in total. The molecule has 0 aliphatic heterocycles. The summed E-state index contributed by atoms with van der Waals surface area (Å²) in [7, 11) is 0. The Labute approximate surface area is 73.8 Å². The van der Waals surface area contributed by atoms with Gasteiger partial charge in [0.25, 0.3) is 5.19 Å². The van der Waals surface area contributed by atoms with E-state index in [2.05, 4.69) is 15.7 Å². The predicted molar refractivity (Wildman–Crippen MR) is 45.3 cm³/mol. The fraction of sp³-hybridized carbons (Fsp3) is 0. The number of hydrogen-bond donors (Lipinski definition) is 0. The molecule has 0 aliphatic rings. The molecule has 0 saturated heterocycles. The third kappa shape index (κ3) is 1.60. The van der Waals surface area contributed by atoms with Crippen molar-refractivity contribution in [3.63, 3.8) is 0 Å². The van der Waals surface area contributed by atoms with E-state index >= 15 is 0 Å². The zero-order chi connectivity index (χ0) is 8.23. The highest BCUT2D eigenvalue weighted by atomic mass is 32.1. The lowest BCUT2D eigenvalue weighted by Crippen LogP contribution is -1.80. The molecule has 59 valence electrons. The van der Waals surface area contributed by atoms with Gasteiger partial charge in [-0.25, -0.2) is 0 Å². The molecule has 0 atom stereocenters. The summed E-state index contributed by atoms with van der Waals surface area (Å²) >= 11 is 1.18. The van der Waals surface area contributed by atoms with Crippen LogP contribution in [-0.4, -0.2) is 9.36 Å². The number of ether oxygens (including phenoxy) is 1. The fourth-order valence-corrected chi connectivity index (χ4v) is 1.15. The zero-order valence-corrected chi connectivity index (χ0v) is 6.91. The van der Waals surface area contributed by atoms with Crippen molar-refractivity contribution in [3.8, 4) is 10.9 Å². The van der Waals surface area contributed by atoms with Gasteiger partial charge in [-0.3, -0.25) is 0 Å². The summed E-state index contributed by atoms with van der Waals surface area (Å²) in [4.78, 5) is 3.77. The summed E-state index contributed by atoms with van der Waals surface area (Å²) in [5.41, 5.74) is 0. The lowest BCUT2D eigenvalue weighted by atomic mass is 10.3. The van der Waals surface area contributed by atoms with Gasteiger partial charge in [0.1, 0.15) is 5.75 Å². The van der Waals surface area contributed by atoms with Crippen molar-refractivity contribution in [1.82, 2.24) is 9.36 Å². The molecule has 4 heteroatoms. The molecule has 2 rings (SSSR count). The van der Waals surface area contributed by atoms with Gasteiger partial charge in [0, 0.05) is 11.5 Å². The van der Waals surface area contributed by atoms with E-state index in [0.29, 0.717) is 5.19 Å². The number of aromatic nitrogens is 2. The summed E-state index contributed by atoms with van der Waals surface area (Å²) in [6.45, 7) is 0. The highest BCUT2D eigenvalue weighted by molar-refractivity contribution is 7.07. The van der Waals surface area contributed by atoms with Gasteiger partial charge in [-0.15, -0.1) is 0 Å². The molecule has 1 aromatic heterocycles. The molecule has 0 spiro atoms. The normalized spacial score (nSPS) is 9.67. The van der Waals surface area contributed by atoms with Crippen LogP contribution in [0.15, 0.2) is 30.3 Å². The molecule has 12 heavy (non-hydrogen) atoms. The molecule has 0 unspecified atom stereocenters. The van der Waals surface area contributed by atoms with E-state index in [1.165, 1.54) is 11.5 Å². The Balaban J connectivity index is 2.15. The maximum Gasteiger partial charge on any atom is 0.299 e. The van der Waals surface area contributed by atoms with Crippen LogP contribution in [0.4, 0.5) is 0 Å². The van der Waals surface area contributed by atoms with E-state index in [-0.39, 0.29) is 0 Å². The second-order valence-electron chi connectivity index (χ2n) is 2.08. The Morgan fingerprint density at radius 3 is 2.75 bits per heavy atom. The molecule has 1 heterocycles. The van der Waals surface area contributed by atoms with Crippen LogP contribution in [0.25, 0.3) is 0 Å². The van der Waals surface area contributed by atoms with Crippen LogP contribution < -0.4 is 4.74 Å². The molecular formula is C8H5N2OS. The SMILES string of the molecule is [c]1nsc(Oc2ccccc2)n1. The summed E-state index contributed by atoms with van der Waals surface area (Å²) < 4.78 is 9.03. The number of benzene rings is 1. The van der Waals surface area contributed by atoms with E-state index in [1.807, 2.05) is 30.3 Å². The van der Waals surface area contributed by atoms with Crippen LogP contribution in [0.2, 0.25) is 0 Å². The molecule has 0 amide bonds. The first-order valence-electron chi connectivity index (χ1n) is 3.38. The summed E-state index contributed by atoms with van der Waals surface area (Å²) in [5, 5.41) is 0.515. The van der Waals surface area contributed by atoms with Crippen molar-refractivity contribution in [2.45, 2.75) is 0 Å². The quantitative estimate of drug-likeness (QED) is 0.704. The number of rotatable bonds is 2. The van der Waals surface area contributed by atoms with Gasteiger partial charge < -0.3 is 4.74 Å². The topological polar surface area (TPSA) is 35.0 Å². The minimum atomic E-state index is 0.515. The second kappa shape index (κ2) is 3.32. The van der Waals surface area contributed by atoms with Gasteiger partial charge in [-0.1, -0.05) is 18.2 Å². The standard InChI is InChI=1S/C8H5N2OS/c1-2-4-7(5-3-1)11-8-9-6-10-12-8/h1-5H. The summed E-state index contributed by atoms with van der Waals surface area (Å²) in [5.74, 6) is 0.766. The van der Waals surface area contributed by atoms with Gasteiger partial charge in [0.05, 0.1) is 0 Å². The van der Waals surface area contributed by atoms with Gasteiger partial charge in [0.15, 0.2) is 0 Å². The number of para-hydroxylation sites is 1. The molecule has 1 radical (unpaired) electrons. The van der Waals surface area contributed by atoms with Crippen LogP contribution in [0, 0.1) is 6.33 Å². The average Bonchev–Trinajstić information content (AvgIpc) is 2.59. The smallest absolute Gasteiger partial charge is 0.299 e. The summed E-state index contributed by atoms with van der Waals surface area (Å²) in [6, 6.07) is 9.46. The molecule has 0 saturated carbocycles. The van der Waals surface area contributed by atoms with Crippen LogP contribution in [0.5, 0.6) is 10.9 Å². The van der Waals surface area contributed by atoms with Crippen molar-refractivity contribution in [2.24, 2.45) is 0 Å². The summed E-state index contributed by atoms with van der Waals surface area (Å²) in [6.07, 6.45) is 2.44. The molecule has 1 aromatic carbocycles. The van der Waals surface area contributed by atoms with Crippen molar-refractivity contribution >= 4 is 11.5 Å². The van der Waals surface area contributed by atoms with Gasteiger partial charge in [-0.05, 0) is 12.1 Å². The maximum absolute atomic E-state index is 5.33. The van der Waals surface area contributed by atoms with Crippen molar-refractivity contribution in [3.05, 3.63) is 36.7 Å². The van der Waals surface area contributed by atoms with Gasteiger partial charge in [-0.2, -0.15) is 9.36 Å². The largest absolute Gasteiger partial charge is 0.430 e. The Bertz CT molecular complexity index is 333. The van der Waals surface area contributed by atoms with E-state index in [9.17, 15) is 0 Å². The molecule has 0 aliphatic carbocycles. The Hall–Kier alpha value is -1.42. The average molecular weight is 177 g/mol. The monoisotopic (exact) mass is 177 g/mol. The zero-order valence-electron chi connectivity index (χ0n) is 6.10. The van der Waals surface area contributed by atoms with E-state index in [4.69, 9.17) is 4.74 Å². The lowest BCUT2D eigenvalue weighted by molar-refractivity contribution is 0.478. The highest BCUT2D eigenvalue weighted by Crippen LogP contribution is 2.20. The van der Waals surface area contributed by atoms with Crippen molar-refractivity contribution in [2.75, 3.05) is 0 Å². The van der Waals surface area contributed by atoms with Crippen LogP contribution in [0.3, 0.4) is 0 Å². The fourth-order valence-electron chi connectivity index (χ4n) is 0.772. The van der Waals surface area contributed by atoms with E-state index in [1.54, 1.807) is 0 Å². The Morgan fingerprint density at radius 1 is 1.25 bits per heavy atom. The third-order valence-corrected chi connectivity index (χ3v) is 1.76.